The van der Waals surface area contributed by atoms with E-state index in [1.807, 2.05) is 6.07 Å². The number of aromatic nitrogens is 5. The van der Waals surface area contributed by atoms with Gasteiger partial charge in [-0.1, -0.05) is 29.8 Å². The lowest BCUT2D eigenvalue weighted by Gasteiger charge is -2.17. The zero-order valence-electron chi connectivity index (χ0n) is 49.4. The molecule has 3 amide bonds. The van der Waals surface area contributed by atoms with Crippen molar-refractivity contribution in [3.63, 3.8) is 0 Å². The first-order chi connectivity index (χ1) is 44.7. The second kappa shape index (κ2) is 23.4. The number of amides is 3. The first-order valence-corrected chi connectivity index (χ1v) is 28.8. The zero-order chi connectivity index (χ0) is 66.9. The number of pyridine rings is 5. The Morgan fingerprint density at radius 2 is 0.872 bits per heavy atom. The fraction of sp³-hybridized carbons (Fsp3) is 0.246. The van der Waals surface area contributed by atoms with E-state index in [0.717, 1.165) is 0 Å². The van der Waals surface area contributed by atoms with Gasteiger partial charge in [-0.05, 0) is 159 Å². The van der Waals surface area contributed by atoms with Gasteiger partial charge in [0.1, 0.15) is 40.8 Å². The Labute approximate surface area is 532 Å². The van der Waals surface area contributed by atoms with E-state index in [-0.39, 0.29) is 85.9 Å². The summed E-state index contributed by atoms with van der Waals surface area (Å²) >= 11 is 5.97. The van der Waals surface area contributed by atoms with Gasteiger partial charge in [0.05, 0.1) is 51.4 Å². The molecule has 3 saturated carbocycles. The van der Waals surface area contributed by atoms with Crippen LogP contribution in [0.2, 0.25) is 5.15 Å². The first kappa shape index (κ1) is 62.7. The number of methoxy groups -OCH3 is 1. The monoisotopic (exact) mass is 1310 g/mol. The second-order valence-corrected chi connectivity index (χ2v) is 22.9. The average Bonchev–Trinajstić information content (AvgIpc) is 1.60. The standard InChI is InChI=1S/C24H18F2N4O4.C23H16F2N4O4.C18H12ClF2N3O3/c1-13-9-19(29-21(16(13)11-27)14-3-6-20(32-2)28-12-14)30-22(31)23(7-8-23)15-4-5-17-18(10-15)34-24(25,26)33-17;1-12-8-18(28-20(15(12)10-26)13-2-5-19(30)27-11-13)29-21(31)22(6-7-22)14-3-4-16-17(9-14)33-23(24,25)32-16;1-9-6-14(23-15(19)11(9)8-22)24-16(25)17(4-5-17)10-2-3-12-13(7-10)27-18(20,21)26-12/h3-6,9-10,12H,7-8H2,1-2H3,(H,29,30,31);2-5,8-9,11H,6-7H2,1H3,(H,27,30)(H,28,29,31);2-3,6-7H,4-5H2,1H3,(H,23,24,25). The Morgan fingerprint density at radius 3 is 1.20 bits per heavy atom. The molecule has 29 heteroatoms. The van der Waals surface area contributed by atoms with Crippen LogP contribution in [-0.2, 0) is 30.6 Å². The number of ether oxygens (including phenoxy) is 7. The predicted molar refractivity (Wildman–Crippen MR) is 318 cm³/mol. The van der Waals surface area contributed by atoms with E-state index in [9.17, 15) is 56.0 Å². The van der Waals surface area contributed by atoms with E-state index in [1.54, 1.807) is 69.3 Å². The number of aromatic amines is 1. The molecule has 3 aliphatic carbocycles. The molecule has 0 saturated heterocycles. The van der Waals surface area contributed by atoms with E-state index in [2.05, 4.69) is 81.4 Å². The van der Waals surface area contributed by atoms with E-state index in [0.29, 0.717) is 111 Å². The summed E-state index contributed by atoms with van der Waals surface area (Å²) in [4.78, 5) is 70.3. The maximum atomic E-state index is 13.4. The molecule has 0 bridgehead atoms. The minimum absolute atomic E-state index is 0.00274. The van der Waals surface area contributed by atoms with Crippen LogP contribution in [0, 0.1) is 54.8 Å². The van der Waals surface area contributed by atoms with Gasteiger partial charge < -0.3 is 54.1 Å². The molecular formula is C65H46ClF6N11O11. The van der Waals surface area contributed by atoms with E-state index < -0.39 is 35.1 Å². The van der Waals surface area contributed by atoms with Crippen LogP contribution in [0.3, 0.4) is 0 Å². The molecule has 3 fully saturated rings. The number of benzene rings is 3. The number of nitrogens with zero attached hydrogens (tertiary/aromatic N) is 7. The summed E-state index contributed by atoms with van der Waals surface area (Å²) in [5, 5.41) is 36.6. The third-order valence-corrected chi connectivity index (χ3v) is 16.6. The topological polar surface area (TPSA) is 308 Å². The van der Waals surface area contributed by atoms with Gasteiger partial charge in [0.2, 0.25) is 29.2 Å². The fourth-order valence-corrected chi connectivity index (χ4v) is 11.3. The minimum Gasteiger partial charge on any atom is -0.481 e. The van der Waals surface area contributed by atoms with Gasteiger partial charge in [0, 0.05) is 35.7 Å². The van der Waals surface area contributed by atoms with E-state index >= 15 is 0 Å². The molecular weight excluding hydrogens is 1260 g/mol. The Morgan fingerprint density at radius 1 is 0.511 bits per heavy atom. The predicted octanol–water partition coefficient (Wildman–Crippen LogP) is 11.8. The number of carbonyl (C=O) groups is 3. The molecule has 22 nitrogen and oxygen atoms in total. The molecule has 8 aromatic rings. The molecule has 0 atom stereocenters. The molecule has 8 heterocycles. The lowest BCUT2D eigenvalue weighted by molar-refractivity contribution is -0.287. The number of hydrogen-bond acceptors (Lipinski definition) is 18. The highest BCUT2D eigenvalue weighted by Crippen LogP contribution is 2.55. The molecule has 14 rings (SSSR count). The summed E-state index contributed by atoms with van der Waals surface area (Å²) in [6, 6.07) is 30.2. The molecule has 3 aliphatic heterocycles. The number of carbonyl (C=O) groups excluding carboxylic acids is 3. The number of rotatable bonds is 12. The Bertz CT molecular complexity index is 4650. The number of alkyl halides is 6. The molecule has 476 valence electrons. The third-order valence-electron chi connectivity index (χ3n) is 16.4. The van der Waals surface area contributed by atoms with Crippen molar-refractivity contribution in [2.45, 2.75) is 94.4 Å². The number of anilines is 3. The van der Waals surface area contributed by atoms with Gasteiger partial charge in [0.25, 0.3) is 0 Å². The van der Waals surface area contributed by atoms with Crippen molar-refractivity contribution in [3.8, 4) is 81.1 Å². The number of H-pyrrole nitrogens is 1. The van der Waals surface area contributed by atoms with Crippen LogP contribution in [0.1, 0.15) is 88.6 Å². The first-order valence-electron chi connectivity index (χ1n) is 28.5. The molecule has 0 spiro atoms. The number of nitriles is 3. The molecule has 0 radical (unpaired) electrons. The maximum Gasteiger partial charge on any atom is 0.586 e. The lowest BCUT2D eigenvalue weighted by Crippen LogP contribution is -2.28. The van der Waals surface area contributed by atoms with Crippen LogP contribution in [0.4, 0.5) is 43.8 Å². The van der Waals surface area contributed by atoms with Crippen LogP contribution >= 0.6 is 11.6 Å². The number of hydrogen-bond donors (Lipinski definition) is 4. The summed E-state index contributed by atoms with van der Waals surface area (Å²) in [6.07, 6.45) is -4.94. The highest BCUT2D eigenvalue weighted by atomic mass is 35.5. The maximum absolute atomic E-state index is 13.4. The van der Waals surface area contributed by atoms with Gasteiger partial charge in [0.15, 0.2) is 34.5 Å². The van der Waals surface area contributed by atoms with Crippen molar-refractivity contribution >= 4 is 46.8 Å². The van der Waals surface area contributed by atoms with Crippen molar-refractivity contribution in [3.05, 3.63) is 175 Å². The van der Waals surface area contributed by atoms with Crippen LogP contribution in [0.25, 0.3) is 22.5 Å². The molecule has 4 N–H and O–H groups in total. The number of nitrogens with one attached hydrogen (secondary N) is 4. The normalized spacial score (nSPS) is 16.9. The van der Waals surface area contributed by atoms with Gasteiger partial charge in [-0.25, -0.2) is 19.9 Å². The summed E-state index contributed by atoms with van der Waals surface area (Å²) < 4.78 is 112. The number of aryl methyl sites for hydroxylation is 3. The molecule has 5 aromatic heterocycles. The van der Waals surface area contributed by atoms with Gasteiger partial charge >= 0.3 is 18.9 Å². The van der Waals surface area contributed by atoms with E-state index in [4.69, 9.17) is 21.6 Å². The van der Waals surface area contributed by atoms with Gasteiger partial charge in [-0.3, -0.25) is 19.2 Å². The van der Waals surface area contributed by atoms with E-state index in [1.165, 1.54) is 68.0 Å². The third kappa shape index (κ3) is 12.2. The SMILES string of the molecule is COc1ccc(-c2nc(NC(=O)C3(c4ccc5c(c4)OC(F)(F)O5)CC3)cc(C)c2C#N)cn1.Cc1cc(NC(=O)C2(c3ccc4c(c3)OC(F)(F)O4)CC2)nc(-c2ccc(=O)[nH]c2)c1C#N.Cc1cc(NC(=O)C2(c3ccc4c(c3)OC(F)(F)O4)CC2)nc(Cl)c1C#N. The van der Waals surface area contributed by atoms with Crippen LogP contribution in [0.15, 0.2) is 114 Å². The van der Waals surface area contributed by atoms with Gasteiger partial charge in [-0.15, -0.1) is 26.3 Å². The minimum atomic E-state index is -3.73. The number of fused-ring (bicyclic) bond motifs is 3. The Hall–Kier alpha value is -11.4. The van der Waals surface area contributed by atoms with Crippen LogP contribution in [-0.4, -0.2) is 68.6 Å². The zero-order valence-corrected chi connectivity index (χ0v) is 50.2. The van der Waals surface area contributed by atoms with Crippen molar-refractivity contribution < 1.29 is 73.9 Å². The molecule has 94 heavy (non-hydrogen) atoms. The smallest absolute Gasteiger partial charge is 0.481 e. The summed E-state index contributed by atoms with van der Waals surface area (Å²) in [5.41, 5.74) is 3.24. The lowest BCUT2D eigenvalue weighted by atomic mass is 9.94. The quantitative estimate of drug-likeness (QED) is 0.0652. The van der Waals surface area contributed by atoms with Crippen LogP contribution in [0.5, 0.6) is 40.4 Å². The summed E-state index contributed by atoms with van der Waals surface area (Å²) in [7, 11) is 1.50. The summed E-state index contributed by atoms with van der Waals surface area (Å²) in [6.45, 7) is 5.16. The van der Waals surface area contributed by atoms with Crippen molar-refractivity contribution in [2.75, 3.05) is 23.1 Å². The largest absolute Gasteiger partial charge is 0.586 e. The Balaban J connectivity index is 0.000000136. The van der Waals surface area contributed by atoms with Crippen LogP contribution < -0.4 is 54.7 Å². The highest BCUT2D eigenvalue weighted by molar-refractivity contribution is 6.30. The molecule has 0 unspecified atom stereocenters. The average molecular weight is 1310 g/mol. The van der Waals surface area contributed by atoms with Crippen molar-refractivity contribution in [2.24, 2.45) is 0 Å². The second-order valence-electron chi connectivity index (χ2n) is 22.5. The Kier molecular flexibility index (Phi) is 15.6. The highest BCUT2D eigenvalue weighted by Gasteiger charge is 2.56. The molecule has 6 aliphatic rings. The van der Waals surface area contributed by atoms with Crippen molar-refractivity contribution in [1.29, 1.82) is 15.8 Å². The number of halogens is 7. The van der Waals surface area contributed by atoms with Gasteiger partial charge in [-0.2, -0.15) is 15.8 Å². The summed E-state index contributed by atoms with van der Waals surface area (Å²) in [5.74, 6) is -0.438. The fourth-order valence-electron chi connectivity index (χ4n) is 11.0. The van der Waals surface area contributed by atoms with Crippen molar-refractivity contribution in [1.82, 2.24) is 24.9 Å². The molecule has 3 aromatic carbocycles.